The van der Waals surface area contributed by atoms with Crippen LogP contribution in [0.2, 0.25) is 0 Å². The summed E-state index contributed by atoms with van der Waals surface area (Å²) in [7, 11) is -1.81. The molecule has 1 N–H and O–H groups in total. The molecule has 118 valence electrons. The van der Waals surface area contributed by atoms with Crippen molar-refractivity contribution in [1.29, 1.82) is 0 Å². The molecule has 1 fully saturated rings. The van der Waals surface area contributed by atoms with E-state index in [9.17, 15) is 8.42 Å². The van der Waals surface area contributed by atoms with Crippen molar-refractivity contribution < 1.29 is 8.42 Å². The van der Waals surface area contributed by atoms with E-state index in [1.807, 2.05) is 0 Å². The molecule has 1 aromatic carbocycles. The number of nitrogens with zero attached hydrogens (tertiary/aromatic N) is 4. The Morgan fingerprint density at radius 2 is 2.14 bits per heavy atom. The Morgan fingerprint density at radius 3 is 2.77 bits per heavy atom. The van der Waals surface area contributed by atoms with Gasteiger partial charge in [-0.15, -0.1) is 5.10 Å². The van der Waals surface area contributed by atoms with Crippen molar-refractivity contribution in [2.24, 2.45) is 13.0 Å². The van der Waals surface area contributed by atoms with Crippen molar-refractivity contribution in [2.45, 2.75) is 37.1 Å². The molecule has 0 bridgehead atoms. The normalized spacial score (nSPS) is 22.1. The molecule has 0 spiro atoms. The maximum absolute atomic E-state index is 12.6. The topological polar surface area (TPSA) is 89.8 Å². The third-order valence-electron chi connectivity index (χ3n) is 4.19. The Hall–Kier alpha value is -1.80. The predicted molar refractivity (Wildman–Crippen MR) is 81.4 cm³/mol. The summed E-state index contributed by atoms with van der Waals surface area (Å²) in [4.78, 5) is 0.243. The van der Waals surface area contributed by atoms with E-state index < -0.39 is 10.0 Å². The fourth-order valence-corrected chi connectivity index (χ4v) is 4.29. The third-order valence-corrected chi connectivity index (χ3v) is 5.68. The Kier molecular flexibility index (Phi) is 3.96. The molecule has 22 heavy (non-hydrogen) atoms. The molecule has 8 heteroatoms. The van der Waals surface area contributed by atoms with E-state index in [0.29, 0.717) is 17.3 Å². The molecule has 1 aliphatic carbocycles. The van der Waals surface area contributed by atoms with Crippen molar-refractivity contribution in [3.8, 4) is 11.4 Å². The molecule has 0 saturated heterocycles. The van der Waals surface area contributed by atoms with Gasteiger partial charge in [0.05, 0.1) is 4.90 Å². The molecule has 1 aliphatic rings. The second-order valence-corrected chi connectivity index (χ2v) is 7.50. The molecule has 0 unspecified atom stereocenters. The van der Waals surface area contributed by atoms with Crippen molar-refractivity contribution in [3.63, 3.8) is 0 Å². The summed E-state index contributed by atoms with van der Waals surface area (Å²) >= 11 is 0. The molecule has 1 heterocycles. The monoisotopic (exact) mass is 321 g/mol. The van der Waals surface area contributed by atoms with Crippen molar-refractivity contribution in [1.82, 2.24) is 24.9 Å². The van der Waals surface area contributed by atoms with Gasteiger partial charge >= 0.3 is 0 Å². The van der Waals surface area contributed by atoms with Gasteiger partial charge < -0.3 is 0 Å². The van der Waals surface area contributed by atoms with E-state index in [1.54, 1.807) is 31.3 Å². The number of aryl methyl sites for hydroxylation is 1. The average Bonchev–Trinajstić information content (AvgIpc) is 3.08. The van der Waals surface area contributed by atoms with Crippen LogP contribution in [0.3, 0.4) is 0 Å². The van der Waals surface area contributed by atoms with Gasteiger partial charge in [-0.25, -0.2) is 17.8 Å². The van der Waals surface area contributed by atoms with Crippen molar-refractivity contribution in [2.75, 3.05) is 0 Å². The Labute approximate surface area is 129 Å². The van der Waals surface area contributed by atoms with Gasteiger partial charge in [-0.1, -0.05) is 25.5 Å². The molecular formula is C14H19N5O2S. The first kappa shape index (κ1) is 15.1. The van der Waals surface area contributed by atoms with E-state index >= 15 is 0 Å². The van der Waals surface area contributed by atoms with E-state index in [2.05, 4.69) is 27.2 Å². The lowest BCUT2D eigenvalue weighted by Gasteiger charge is -2.17. The molecule has 3 rings (SSSR count). The van der Waals surface area contributed by atoms with E-state index in [4.69, 9.17) is 0 Å². The summed E-state index contributed by atoms with van der Waals surface area (Å²) in [5, 5.41) is 11.3. The summed E-state index contributed by atoms with van der Waals surface area (Å²) in [6.45, 7) is 2.09. The highest BCUT2D eigenvalue weighted by molar-refractivity contribution is 7.89. The second kappa shape index (κ2) is 5.77. The number of benzene rings is 1. The smallest absolute Gasteiger partial charge is 0.229 e. The number of rotatable bonds is 4. The maximum atomic E-state index is 12.6. The van der Waals surface area contributed by atoms with Crippen LogP contribution in [0.4, 0.5) is 0 Å². The lowest BCUT2D eigenvalue weighted by Crippen LogP contribution is -2.36. The molecular weight excluding hydrogens is 302 g/mol. The highest BCUT2D eigenvalue weighted by Gasteiger charge is 2.28. The minimum atomic E-state index is -3.53. The first-order valence-electron chi connectivity index (χ1n) is 7.32. The Bertz CT molecular complexity index is 771. The van der Waals surface area contributed by atoms with E-state index in [1.165, 1.54) is 4.68 Å². The van der Waals surface area contributed by atoms with Gasteiger partial charge in [0.25, 0.3) is 0 Å². The number of sulfonamides is 1. The molecule has 7 nitrogen and oxygen atoms in total. The van der Waals surface area contributed by atoms with Gasteiger partial charge in [0.15, 0.2) is 5.82 Å². The van der Waals surface area contributed by atoms with E-state index in [-0.39, 0.29) is 10.9 Å². The Balaban J connectivity index is 1.89. The molecule has 0 aliphatic heterocycles. The van der Waals surface area contributed by atoms with Crippen molar-refractivity contribution in [3.05, 3.63) is 24.3 Å². The van der Waals surface area contributed by atoms with Crippen LogP contribution in [0.5, 0.6) is 0 Å². The quantitative estimate of drug-likeness (QED) is 0.918. The predicted octanol–water partition coefficient (Wildman–Crippen LogP) is 1.34. The SMILES string of the molecule is C[C@H]1CCC[C@@H]1NS(=O)(=O)c1cccc(-c2nnnn2C)c1. The van der Waals surface area contributed by atoms with Gasteiger partial charge in [0, 0.05) is 18.7 Å². The van der Waals surface area contributed by atoms with E-state index in [0.717, 1.165) is 19.3 Å². The van der Waals surface area contributed by atoms with Crippen LogP contribution >= 0.6 is 0 Å². The van der Waals surface area contributed by atoms with Gasteiger partial charge in [-0.2, -0.15) is 0 Å². The zero-order chi connectivity index (χ0) is 15.7. The first-order valence-corrected chi connectivity index (χ1v) is 8.81. The van der Waals surface area contributed by atoms with Gasteiger partial charge in [0.1, 0.15) is 0 Å². The highest BCUT2D eigenvalue weighted by Crippen LogP contribution is 2.27. The summed E-state index contributed by atoms with van der Waals surface area (Å²) in [5.74, 6) is 0.909. The Morgan fingerprint density at radius 1 is 1.32 bits per heavy atom. The minimum absolute atomic E-state index is 0.0187. The molecule has 2 aromatic rings. The van der Waals surface area contributed by atoms with Crippen LogP contribution < -0.4 is 4.72 Å². The molecule has 1 saturated carbocycles. The maximum Gasteiger partial charge on any atom is 0.240 e. The first-order chi connectivity index (χ1) is 10.5. The fourth-order valence-electron chi connectivity index (χ4n) is 2.86. The largest absolute Gasteiger partial charge is 0.240 e. The van der Waals surface area contributed by atoms with Gasteiger partial charge in [-0.05, 0) is 41.3 Å². The molecule has 2 atom stereocenters. The van der Waals surface area contributed by atoms with Crippen LogP contribution in [0.1, 0.15) is 26.2 Å². The summed E-state index contributed by atoms with van der Waals surface area (Å²) in [6.07, 6.45) is 3.03. The average molecular weight is 321 g/mol. The van der Waals surface area contributed by atoms with Crippen LogP contribution in [0.25, 0.3) is 11.4 Å². The standard InChI is InChI=1S/C14H19N5O2S/c1-10-5-3-8-13(10)16-22(20,21)12-7-4-6-11(9-12)14-15-17-18-19(14)2/h4,6-7,9-10,13,16H,3,5,8H2,1-2H3/t10-,13-/m0/s1. The summed E-state index contributed by atoms with van der Waals surface area (Å²) in [5.41, 5.74) is 0.676. The number of hydrogen-bond acceptors (Lipinski definition) is 5. The van der Waals surface area contributed by atoms with Gasteiger partial charge in [-0.3, -0.25) is 0 Å². The van der Waals surface area contributed by atoms with Crippen LogP contribution in [-0.4, -0.2) is 34.7 Å². The van der Waals surface area contributed by atoms with Gasteiger partial charge in [0.2, 0.25) is 10.0 Å². The molecule has 1 aromatic heterocycles. The minimum Gasteiger partial charge on any atom is -0.229 e. The summed E-state index contributed by atoms with van der Waals surface area (Å²) < 4.78 is 29.5. The number of aromatic nitrogens is 4. The summed E-state index contributed by atoms with van der Waals surface area (Å²) in [6, 6.07) is 6.72. The lowest BCUT2D eigenvalue weighted by atomic mass is 10.1. The zero-order valence-corrected chi connectivity index (χ0v) is 13.4. The van der Waals surface area contributed by atoms with Crippen LogP contribution in [-0.2, 0) is 17.1 Å². The highest BCUT2D eigenvalue weighted by atomic mass is 32.2. The number of nitrogens with one attached hydrogen (secondary N) is 1. The second-order valence-electron chi connectivity index (χ2n) is 5.79. The van der Waals surface area contributed by atoms with Crippen molar-refractivity contribution >= 4 is 10.0 Å². The third kappa shape index (κ3) is 2.89. The zero-order valence-electron chi connectivity index (χ0n) is 12.6. The number of hydrogen-bond donors (Lipinski definition) is 1. The van der Waals surface area contributed by atoms with Crippen LogP contribution in [0, 0.1) is 5.92 Å². The molecule has 0 radical (unpaired) electrons. The molecule has 0 amide bonds. The lowest BCUT2D eigenvalue weighted by molar-refractivity contribution is 0.476. The fraction of sp³-hybridized carbons (Fsp3) is 0.500. The number of tetrazole rings is 1. The van der Waals surface area contributed by atoms with Crippen LogP contribution in [0.15, 0.2) is 29.2 Å².